The number of hydrogen-bond donors (Lipinski definition) is 0. The van der Waals surface area contributed by atoms with Crippen LogP contribution < -0.4 is 14.7 Å². The molecule has 8 aromatic carbocycles. The number of hydrogen-bond acceptors (Lipinski definition) is 3. The second-order valence-corrected chi connectivity index (χ2v) is 14.6. The maximum atomic E-state index is 7.84. The summed E-state index contributed by atoms with van der Waals surface area (Å²) in [7, 11) is 0. The minimum atomic E-state index is 0.654. The van der Waals surface area contributed by atoms with Crippen molar-refractivity contribution < 1.29 is 0 Å². The summed E-state index contributed by atoms with van der Waals surface area (Å²) in [6.07, 6.45) is 6.46. The van der Waals surface area contributed by atoms with E-state index in [0.717, 1.165) is 63.9 Å². The highest BCUT2D eigenvalue weighted by Crippen LogP contribution is 2.48. The highest BCUT2D eigenvalue weighted by atomic mass is 35.5. The maximum Gasteiger partial charge on any atom is 0.0886 e. The normalized spacial score (nSPS) is 12.3. The fourth-order valence-electron chi connectivity index (χ4n) is 7.84. The Bertz CT molecular complexity index is 2640. The lowest BCUT2D eigenvalue weighted by Gasteiger charge is -2.33. The molecule has 4 heteroatoms. The Hall–Kier alpha value is -7.07. The van der Waals surface area contributed by atoms with Crippen LogP contribution >= 0.6 is 11.6 Å². The van der Waals surface area contributed by atoms with Crippen LogP contribution in [0.1, 0.15) is 18.4 Å². The van der Waals surface area contributed by atoms with Gasteiger partial charge >= 0.3 is 0 Å². The molecule has 0 heterocycles. The third-order valence-corrected chi connectivity index (χ3v) is 10.9. The summed E-state index contributed by atoms with van der Waals surface area (Å²) in [6.45, 7) is 0. The first-order chi connectivity index (χ1) is 28.7. The summed E-state index contributed by atoms with van der Waals surface area (Å²) in [6, 6.07) is 76.6. The number of allylic oxidation sites excluding steroid dienone is 4. The summed E-state index contributed by atoms with van der Waals surface area (Å²) in [4.78, 5) is 6.92. The number of halogens is 1. The lowest BCUT2D eigenvalue weighted by atomic mass is 9.96. The van der Waals surface area contributed by atoms with Gasteiger partial charge in [-0.3, -0.25) is 0 Å². The van der Waals surface area contributed by atoms with E-state index in [0.29, 0.717) is 5.02 Å². The fraction of sp³-hybridized carbons (Fsp3) is 0.0370. The van der Waals surface area contributed by atoms with E-state index in [4.69, 9.17) is 11.6 Å². The van der Waals surface area contributed by atoms with Gasteiger partial charge in [0.25, 0.3) is 0 Å². The van der Waals surface area contributed by atoms with Crippen molar-refractivity contribution in [1.29, 1.82) is 0 Å². The van der Waals surface area contributed by atoms with Gasteiger partial charge in [-0.25, -0.2) is 0 Å². The van der Waals surface area contributed by atoms with Crippen molar-refractivity contribution in [2.24, 2.45) is 0 Å². The van der Waals surface area contributed by atoms with E-state index in [-0.39, 0.29) is 0 Å². The molecular weight excluding hydrogens is 726 g/mol. The van der Waals surface area contributed by atoms with Crippen molar-refractivity contribution in [3.8, 4) is 11.1 Å². The van der Waals surface area contributed by atoms with Crippen LogP contribution in [0.3, 0.4) is 0 Å². The number of benzene rings is 8. The van der Waals surface area contributed by atoms with Gasteiger partial charge in [0.2, 0.25) is 0 Å². The van der Waals surface area contributed by atoms with Gasteiger partial charge in [-0.1, -0.05) is 157 Å². The Morgan fingerprint density at radius 1 is 0.345 bits per heavy atom. The summed E-state index contributed by atoms with van der Waals surface area (Å²) in [5.41, 5.74) is 13.9. The topological polar surface area (TPSA) is 9.72 Å². The van der Waals surface area contributed by atoms with Crippen molar-refractivity contribution in [3.63, 3.8) is 0 Å². The quantitative estimate of drug-likeness (QED) is 0.130. The molecule has 0 saturated heterocycles. The monoisotopic (exact) mass is 767 g/mol. The molecule has 0 N–H and O–H groups in total. The van der Waals surface area contributed by atoms with Crippen molar-refractivity contribution >= 4 is 62.7 Å². The number of para-hydroxylation sites is 3. The average Bonchev–Trinajstić information content (AvgIpc) is 3.30. The molecule has 0 bridgehead atoms. The first-order valence-electron chi connectivity index (χ1n) is 19.8. The lowest BCUT2D eigenvalue weighted by Crippen LogP contribution is -2.19. The molecule has 0 aliphatic heterocycles. The van der Waals surface area contributed by atoms with Crippen LogP contribution in [0.25, 0.3) is 16.7 Å². The first-order valence-corrected chi connectivity index (χ1v) is 20.1. The molecule has 8 aromatic rings. The fourth-order valence-corrected chi connectivity index (χ4v) is 8.13. The number of anilines is 8. The van der Waals surface area contributed by atoms with E-state index in [1.165, 1.54) is 22.4 Å². The summed E-state index contributed by atoms with van der Waals surface area (Å²) in [5.74, 6) is 0. The molecule has 0 unspecified atom stereocenters. The van der Waals surface area contributed by atoms with Crippen LogP contribution in [0.4, 0.5) is 45.5 Å². The van der Waals surface area contributed by atoms with Crippen LogP contribution in [0.15, 0.2) is 236 Å². The molecule has 1 aliphatic rings. The summed E-state index contributed by atoms with van der Waals surface area (Å²) in [5, 5.41) is 0.654. The highest BCUT2D eigenvalue weighted by molar-refractivity contribution is 6.36. The van der Waals surface area contributed by atoms with E-state index in [9.17, 15) is 0 Å². The van der Waals surface area contributed by atoms with Crippen LogP contribution in [0.2, 0.25) is 5.02 Å². The zero-order chi connectivity index (χ0) is 39.1. The smallest absolute Gasteiger partial charge is 0.0886 e. The van der Waals surface area contributed by atoms with Gasteiger partial charge in [-0.15, -0.1) is 0 Å². The van der Waals surface area contributed by atoms with Crippen molar-refractivity contribution in [2.45, 2.75) is 12.8 Å². The predicted molar refractivity (Wildman–Crippen MR) is 247 cm³/mol. The van der Waals surface area contributed by atoms with E-state index in [1.807, 2.05) is 0 Å². The van der Waals surface area contributed by atoms with Crippen molar-refractivity contribution in [3.05, 3.63) is 247 Å². The Morgan fingerprint density at radius 2 is 0.759 bits per heavy atom. The molecular formula is C54H42ClN3. The predicted octanol–water partition coefficient (Wildman–Crippen LogP) is 15.8. The second-order valence-electron chi connectivity index (χ2n) is 14.3. The average molecular weight is 768 g/mol. The molecule has 0 fully saturated rings. The van der Waals surface area contributed by atoms with Crippen molar-refractivity contribution in [2.75, 3.05) is 14.7 Å². The van der Waals surface area contributed by atoms with Crippen LogP contribution in [-0.4, -0.2) is 0 Å². The Morgan fingerprint density at radius 3 is 1.34 bits per heavy atom. The Labute approximate surface area is 346 Å². The van der Waals surface area contributed by atoms with E-state index in [2.05, 4.69) is 245 Å². The second kappa shape index (κ2) is 17.0. The molecule has 58 heavy (non-hydrogen) atoms. The van der Waals surface area contributed by atoms with Crippen LogP contribution in [-0.2, 0) is 0 Å². The van der Waals surface area contributed by atoms with Gasteiger partial charge in [0.05, 0.1) is 16.4 Å². The van der Waals surface area contributed by atoms with Gasteiger partial charge in [-0.2, -0.15) is 0 Å². The molecule has 0 saturated carbocycles. The Kier molecular flexibility index (Phi) is 10.7. The first kappa shape index (κ1) is 36.6. The molecule has 9 rings (SSSR count). The van der Waals surface area contributed by atoms with Crippen molar-refractivity contribution in [1.82, 2.24) is 0 Å². The van der Waals surface area contributed by atoms with E-state index < -0.39 is 0 Å². The van der Waals surface area contributed by atoms with Gasteiger partial charge in [-0.05, 0) is 120 Å². The zero-order valence-electron chi connectivity index (χ0n) is 32.1. The lowest BCUT2D eigenvalue weighted by molar-refractivity contribution is 0.921. The molecule has 280 valence electrons. The zero-order valence-corrected chi connectivity index (χ0v) is 32.8. The molecule has 1 aliphatic carbocycles. The largest absolute Gasteiger partial charge is 0.313 e. The Balaban J connectivity index is 1.20. The SMILES string of the molecule is Clc1c(N(C2=CC(c3ccccc3)=CCC2)c2cccc(-c3ccccc3)c2)cccc1N(c1ccccc1)c1cccc(N(c2ccccc2)c2ccccc2)c1. The third-order valence-electron chi connectivity index (χ3n) is 10.5. The van der Waals surface area contributed by atoms with Gasteiger partial charge in [0.15, 0.2) is 0 Å². The summed E-state index contributed by atoms with van der Waals surface area (Å²) >= 11 is 7.84. The summed E-state index contributed by atoms with van der Waals surface area (Å²) < 4.78 is 0. The molecule has 0 radical (unpaired) electrons. The highest BCUT2D eigenvalue weighted by Gasteiger charge is 2.25. The van der Waals surface area contributed by atoms with Gasteiger partial charge in [0.1, 0.15) is 0 Å². The molecule has 0 atom stereocenters. The van der Waals surface area contributed by atoms with Crippen LogP contribution in [0, 0.1) is 0 Å². The molecule has 0 spiro atoms. The third kappa shape index (κ3) is 7.69. The standard InChI is InChI=1S/C54H42ClN3/c55-54-52(57(47-30-14-5-15-31-47)51-35-18-34-50(40-51)56(45-26-10-3-11-27-45)46-28-12-4-13-29-46)36-19-37-53(54)58(48-32-16-24-43(38-48)41-20-6-1-7-21-41)49-33-17-25-44(39-49)42-22-8-2-9-23-42/h1-16,18-32,34-40H,17,33H2. The number of nitrogens with zero attached hydrogens (tertiary/aromatic N) is 3. The maximum absolute atomic E-state index is 7.84. The number of rotatable bonds is 11. The van der Waals surface area contributed by atoms with E-state index in [1.54, 1.807) is 0 Å². The van der Waals surface area contributed by atoms with Gasteiger partial charge in [0, 0.05) is 39.8 Å². The van der Waals surface area contributed by atoms with Crippen LogP contribution in [0.5, 0.6) is 0 Å². The van der Waals surface area contributed by atoms with Gasteiger partial charge < -0.3 is 14.7 Å². The van der Waals surface area contributed by atoms with E-state index >= 15 is 0 Å². The minimum Gasteiger partial charge on any atom is -0.313 e. The molecule has 3 nitrogen and oxygen atoms in total. The molecule has 0 aromatic heterocycles. The molecule has 0 amide bonds. The minimum absolute atomic E-state index is 0.654.